The molecule has 0 saturated heterocycles. The van der Waals surface area contributed by atoms with Gasteiger partial charge in [-0.05, 0) is 60.0 Å². The topological polar surface area (TPSA) is 84.9 Å². The molecule has 5 aromatic carbocycles. The van der Waals surface area contributed by atoms with Crippen molar-refractivity contribution >= 4 is 32.4 Å². The Morgan fingerprint density at radius 1 is 0.700 bits per heavy atom. The van der Waals surface area contributed by atoms with E-state index >= 15 is 0 Å². The van der Waals surface area contributed by atoms with E-state index in [9.17, 15) is 13.2 Å². The van der Waals surface area contributed by atoms with Crippen LogP contribution in [0.1, 0.15) is 0 Å². The van der Waals surface area contributed by atoms with Crippen molar-refractivity contribution in [1.82, 2.24) is 5.32 Å². The second kappa shape index (κ2) is 12.4. The Labute approximate surface area is 233 Å². The molecule has 1 N–H and O–H groups in total. The summed E-state index contributed by atoms with van der Waals surface area (Å²) in [6, 6.07) is 37.6. The van der Waals surface area contributed by atoms with Crippen LogP contribution in [0, 0.1) is 0 Å². The Morgan fingerprint density at radius 3 is 2.08 bits per heavy atom. The fourth-order valence-corrected chi connectivity index (χ4v) is 5.64. The van der Waals surface area contributed by atoms with Crippen molar-refractivity contribution in [2.24, 2.45) is 0 Å². The molecule has 0 atom stereocenters. The minimum atomic E-state index is -4.02. The van der Waals surface area contributed by atoms with Crippen molar-refractivity contribution in [2.75, 3.05) is 24.0 Å². The van der Waals surface area contributed by atoms with Crippen molar-refractivity contribution in [3.05, 3.63) is 127 Å². The second-order valence-corrected chi connectivity index (χ2v) is 10.8. The number of nitrogens with one attached hydrogen (secondary N) is 1. The molecule has 40 heavy (non-hydrogen) atoms. The predicted molar refractivity (Wildman–Crippen MR) is 156 cm³/mol. The zero-order valence-electron chi connectivity index (χ0n) is 21.6. The molecule has 5 rings (SSSR count). The highest BCUT2D eigenvalue weighted by Gasteiger charge is 2.27. The summed E-state index contributed by atoms with van der Waals surface area (Å²) < 4.78 is 40.0. The lowest BCUT2D eigenvalue weighted by atomic mass is 10.1. The summed E-state index contributed by atoms with van der Waals surface area (Å²) >= 11 is 0. The van der Waals surface area contributed by atoms with Gasteiger partial charge in [0.05, 0.1) is 17.1 Å². The molecule has 8 heteroatoms. The lowest BCUT2D eigenvalue weighted by Gasteiger charge is -2.24. The summed E-state index contributed by atoms with van der Waals surface area (Å²) in [5, 5.41) is 4.82. The number of anilines is 1. The van der Waals surface area contributed by atoms with E-state index in [2.05, 4.69) is 5.32 Å². The number of hydrogen-bond acceptors (Lipinski definition) is 5. The van der Waals surface area contributed by atoms with E-state index in [1.807, 2.05) is 72.8 Å². The summed E-state index contributed by atoms with van der Waals surface area (Å²) in [6.45, 7) is 0.0478. The van der Waals surface area contributed by atoms with Gasteiger partial charge in [0, 0.05) is 5.39 Å². The standard InChI is InChI=1S/C32H28N2O5S/c35-32(33-22-23-38-31-17-9-11-25-10-7-8-16-30(25)31)24-34(40(36,37)29-14-5-2-6-15-29)26-18-20-28(21-19-26)39-27-12-3-1-4-13-27/h1-21H,22-24H2,(H,33,35). The van der Waals surface area contributed by atoms with Crippen LogP contribution in [0.2, 0.25) is 0 Å². The van der Waals surface area contributed by atoms with Crippen LogP contribution in [0.4, 0.5) is 5.69 Å². The highest BCUT2D eigenvalue weighted by Crippen LogP contribution is 2.28. The van der Waals surface area contributed by atoms with Crippen molar-refractivity contribution in [2.45, 2.75) is 4.90 Å². The number of ether oxygens (including phenoxy) is 2. The van der Waals surface area contributed by atoms with Gasteiger partial charge in [-0.15, -0.1) is 0 Å². The smallest absolute Gasteiger partial charge is 0.264 e. The molecule has 202 valence electrons. The maximum absolute atomic E-state index is 13.6. The zero-order chi connectivity index (χ0) is 27.8. The molecule has 0 aliphatic heterocycles. The number of nitrogens with zero attached hydrogens (tertiary/aromatic N) is 1. The largest absolute Gasteiger partial charge is 0.491 e. The van der Waals surface area contributed by atoms with Crippen molar-refractivity contribution in [3.63, 3.8) is 0 Å². The first-order valence-corrected chi connectivity index (χ1v) is 14.2. The molecule has 0 aromatic heterocycles. The van der Waals surface area contributed by atoms with E-state index in [4.69, 9.17) is 9.47 Å². The van der Waals surface area contributed by atoms with Crippen molar-refractivity contribution in [1.29, 1.82) is 0 Å². The molecule has 1 amide bonds. The highest BCUT2D eigenvalue weighted by atomic mass is 32.2. The van der Waals surface area contributed by atoms with Gasteiger partial charge in [0.2, 0.25) is 5.91 Å². The molecular weight excluding hydrogens is 524 g/mol. The van der Waals surface area contributed by atoms with Crippen LogP contribution in [0.5, 0.6) is 17.2 Å². The second-order valence-electron chi connectivity index (χ2n) is 8.91. The molecule has 0 aliphatic rings. The van der Waals surface area contributed by atoms with Gasteiger partial charge in [-0.3, -0.25) is 9.10 Å². The van der Waals surface area contributed by atoms with E-state index in [-0.39, 0.29) is 18.0 Å². The Morgan fingerprint density at radius 2 is 1.32 bits per heavy atom. The van der Waals surface area contributed by atoms with Crippen molar-refractivity contribution < 1.29 is 22.7 Å². The van der Waals surface area contributed by atoms with Crippen LogP contribution in [-0.2, 0) is 14.8 Å². The fourth-order valence-electron chi connectivity index (χ4n) is 4.20. The molecule has 0 bridgehead atoms. The Bertz CT molecular complexity index is 1670. The van der Waals surface area contributed by atoms with Gasteiger partial charge in [0.25, 0.3) is 10.0 Å². The maximum atomic E-state index is 13.6. The number of benzene rings is 5. The normalized spacial score (nSPS) is 11.1. The van der Waals surface area contributed by atoms with Crippen LogP contribution >= 0.6 is 0 Å². The maximum Gasteiger partial charge on any atom is 0.264 e. The molecule has 7 nitrogen and oxygen atoms in total. The zero-order valence-corrected chi connectivity index (χ0v) is 22.5. The molecule has 5 aromatic rings. The van der Waals surface area contributed by atoms with Crippen LogP contribution in [0.25, 0.3) is 10.8 Å². The molecule has 0 heterocycles. The SMILES string of the molecule is O=C(CN(c1ccc(Oc2ccccc2)cc1)S(=O)(=O)c1ccccc1)NCCOc1cccc2ccccc12. The number of fused-ring (bicyclic) bond motifs is 1. The Hall–Kier alpha value is -4.82. The number of amides is 1. The number of sulfonamides is 1. The molecule has 0 unspecified atom stereocenters. The van der Waals surface area contributed by atoms with Gasteiger partial charge in [-0.1, -0.05) is 72.8 Å². The molecule has 0 spiro atoms. The van der Waals surface area contributed by atoms with E-state index in [0.717, 1.165) is 20.8 Å². The number of rotatable bonds is 11. The van der Waals surface area contributed by atoms with Gasteiger partial charge in [-0.25, -0.2) is 8.42 Å². The Kier molecular flexibility index (Phi) is 8.27. The number of hydrogen-bond donors (Lipinski definition) is 1. The summed E-state index contributed by atoms with van der Waals surface area (Å²) in [7, 11) is -4.02. The number of para-hydroxylation sites is 1. The lowest BCUT2D eigenvalue weighted by molar-refractivity contribution is -0.119. The van der Waals surface area contributed by atoms with E-state index in [0.29, 0.717) is 17.2 Å². The van der Waals surface area contributed by atoms with E-state index in [1.54, 1.807) is 42.5 Å². The first-order chi connectivity index (χ1) is 19.5. The fraction of sp³-hybridized carbons (Fsp3) is 0.0938. The monoisotopic (exact) mass is 552 g/mol. The summed E-state index contributed by atoms with van der Waals surface area (Å²) in [5.41, 5.74) is 0.339. The summed E-state index contributed by atoms with van der Waals surface area (Å²) in [5.74, 6) is 1.47. The third kappa shape index (κ3) is 6.42. The molecule has 0 fully saturated rings. The minimum Gasteiger partial charge on any atom is -0.491 e. The third-order valence-corrected chi connectivity index (χ3v) is 7.94. The first kappa shape index (κ1) is 26.8. The predicted octanol–water partition coefficient (Wildman–Crippen LogP) is 6.02. The number of carbonyl (C=O) groups excluding carboxylic acids is 1. The van der Waals surface area contributed by atoms with Gasteiger partial charge in [0.15, 0.2) is 0 Å². The van der Waals surface area contributed by atoms with E-state index in [1.165, 1.54) is 12.1 Å². The van der Waals surface area contributed by atoms with Crippen molar-refractivity contribution in [3.8, 4) is 17.2 Å². The van der Waals surface area contributed by atoms with Crippen LogP contribution in [0.15, 0.2) is 132 Å². The minimum absolute atomic E-state index is 0.0895. The first-order valence-electron chi connectivity index (χ1n) is 12.8. The molecular formula is C32H28N2O5S. The lowest BCUT2D eigenvalue weighted by Crippen LogP contribution is -2.41. The average molecular weight is 553 g/mol. The molecule has 0 aliphatic carbocycles. The van der Waals surface area contributed by atoms with Gasteiger partial charge < -0.3 is 14.8 Å². The average Bonchev–Trinajstić information content (AvgIpc) is 2.99. The van der Waals surface area contributed by atoms with Gasteiger partial charge >= 0.3 is 0 Å². The quantitative estimate of drug-likeness (QED) is 0.203. The summed E-state index contributed by atoms with van der Waals surface area (Å²) in [6.07, 6.45) is 0. The van der Waals surface area contributed by atoms with Crippen LogP contribution in [0.3, 0.4) is 0 Å². The molecule has 0 radical (unpaired) electrons. The van der Waals surface area contributed by atoms with Crippen LogP contribution < -0.4 is 19.1 Å². The number of carbonyl (C=O) groups is 1. The van der Waals surface area contributed by atoms with Crippen LogP contribution in [-0.4, -0.2) is 34.0 Å². The van der Waals surface area contributed by atoms with Gasteiger partial charge in [0.1, 0.15) is 30.4 Å². The third-order valence-electron chi connectivity index (χ3n) is 6.15. The molecule has 0 saturated carbocycles. The summed E-state index contributed by atoms with van der Waals surface area (Å²) in [4.78, 5) is 13.0. The van der Waals surface area contributed by atoms with Gasteiger partial charge in [-0.2, -0.15) is 0 Å². The van der Waals surface area contributed by atoms with E-state index < -0.39 is 22.5 Å². The Balaban J connectivity index is 1.27. The highest BCUT2D eigenvalue weighted by molar-refractivity contribution is 7.92.